The molecule has 0 aromatic heterocycles. The first-order chi connectivity index (χ1) is 8.65. The molecule has 0 aliphatic carbocycles. The molecule has 0 bridgehead atoms. The number of imide groups is 1. The van der Waals surface area contributed by atoms with Gasteiger partial charge in [-0.3, -0.25) is 14.5 Å². The van der Waals surface area contributed by atoms with Crippen LogP contribution >= 0.6 is 0 Å². The van der Waals surface area contributed by atoms with Gasteiger partial charge in [-0.2, -0.15) is 0 Å². The molecule has 1 atom stereocenters. The summed E-state index contributed by atoms with van der Waals surface area (Å²) in [6.07, 6.45) is 2.28. The number of ether oxygens (including phenoxy) is 1. The molecular weight excluding hydrogens is 234 g/mol. The van der Waals surface area contributed by atoms with Crippen LogP contribution in [0.15, 0.2) is 42.5 Å². The molecule has 1 heterocycles. The minimum absolute atomic E-state index is 0.515. The lowest BCUT2D eigenvalue weighted by molar-refractivity contribution is -0.155. The zero-order valence-corrected chi connectivity index (χ0v) is 9.70. The predicted octanol–water partition coefficient (Wildman–Crippen LogP) is 0.826. The minimum Gasteiger partial charge on any atom is -0.467 e. The number of methoxy groups -OCH3 is 1. The number of benzene rings is 1. The molecule has 0 spiro atoms. The maximum absolute atomic E-state index is 11.8. The Bertz CT molecular complexity index is 503. The van der Waals surface area contributed by atoms with Crippen LogP contribution in [0.25, 0.3) is 0 Å². The van der Waals surface area contributed by atoms with Crippen LogP contribution < -0.4 is 0 Å². The number of hydrogen-bond acceptors (Lipinski definition) is 4. The average Bonchev–Trinajstić information content (AvgIpc) is 2.72. The summed E-state index contributed by atoms with van der Waals surface area (Å²) < 4.78 is 4.66. The molecule has 2 amide bonds. The molecule has 1 aromatic carbocycles. The van der Waals surface area contributed by atoms with E-state index < -0.39 is 23.8 Å². The Labute approximate surface area is 104 Å². The van der Waals surface area contributed by atoms with E-state index in [1.807, 2.05) is 0 Å². The number of amides is 2. The van der Waals surface area contributed by atoms with Crippen LogP contribution in [0.4, 0.5) is 0 Å². The number of carbonyl (C=O) groups is 3. The maximum Gasteiger partial charge on any atom is 0.333 e. The number of carbonyl (C=O) groups excluding carboxylic acids is 3. The van der Waals surface area contributed by atoms with Gasteiger partial charge in [0, 0.05) is 12.2 Å². The second kappa shape index (κ2) is 4.83. The normalized spacial score (nSPS) is 15.9. The van der Waals surface area contributed by atoms with E-state index in [0.29, 0.717) is 5.56 Å². The molecule has 1 aromatic rings. The third-order valence-electron chi connectivity index (χ3n) is 2.64. The topological polar surface area (TPSA) is 63.7 Å². The van der Waals surface area contributed by atoms with Gasteiger partial charge in [0.15, 0.2) is 6.04 Å². The fourth-order valence-corrected chi connectivity index (χ4v) is 1.80. The van der Waals surface area contributed by atoms with Crippen LogP contribution in [0.1, 0.15) is 11.6 Å². The third-order valence-corrected chi connectivity index (χ3v) is 2.64. The lowest BCUT2D eigenvalue weighted by Crippen LogP contribution is -2.39. The van der Waals surface area contributed by atoms with Crippen molar-refractivity contribution in [2.75, 3.05) is 7.11 Å². The molecule has 18 heavy (non-hydrogen) atoms. The van der Waals surface area contributed by atoms with E-state index in [0.717, 1.165) is 17.1 Å². The average molecular weight is 245 g/mol. The molecule has 0 fully saturated rings. The van der Waals surface area contributed by atoms with Gasteiger partial charge >= 0.3 is 5.97 Å². The van der Waals surface area contributed by atoms with Gasteiger partial charge in [0.2, 0.25) is 0 Å². The molecule has 2 rings (SSSR count). The van der Waals surface area contributed by atoms with Gasteiger partial charge in [0.05, 0.1) is 7.11 Å². The molecule has 0 unspecified atom stereocenters. The van der Waals surface area contributed by atoms with Gasteiger partial charge in [-0.1, -0.05) is 30.3 Å². The highest BCUT2D eigenvalue weighted by atomic mass is 16.5. The van der Waals surface area contributed by atoms with Crippen molar-refractivity contribution in [2.45, 2.75) is 6.04 Å². The van der Waals surface area contributed by atoms with Crippen LogP contribution in [0, 0.1) is 0 Å². The minimum atomic E-state index is -1.04. The second-order valence-corrected chi connectivity index (χ2v) is 3.72. The molecule has 5 heteroatoms. The molecule has 92 valence electrons. The van der Waals surface area contributed by atoms with Gasteiger partial charge in [-0.05, 0) is 5.56 Å². The fourth-order valence-electron chi connectivity index (χ4n) is 1.80. The molecule has 0 saturated carbocycles. The standard InChI is InChI=1S/C13H11NO4/c1-18-13(17)12(9-5-3-2-4-6-9)14-10(15)7-8-11(14)16/h2-8,12H,1H3/t12-/m0/s1. The summed E-state index contributed by atoms with van der Waals surface area (Å²) in [4.78, 5) is 35.9. The summed E-state index contributed by atoms with van der Waals surface area (Å²) in [6, 6.07) is 7.53. The number of rotatable bonds is 3. The summed E-state index contributed by atoms with van der Waals surface area (Å²) >= 11 is 0. The lowest BCUT2D eigenvalue weighted by atomic mass is 10.1. The van der Waals surface area contributed by atoms with Crippen LogP contribution in [-0.2, 0) is 19.1 Å². The summed E-state index contributed by atoms with van der Waals surface area (Å²) in [5.74, 6) is -1.68. The predicted molar refractivity (Wildman–Crippen MR) is 62.2 cm³/mol. The smallest absolute Gasteiger partial charge is 0.333 e. The first-order valence-electron chi connectivity index (χ1n) is 5.33. The van der Waals surface area contributed by atoms with E-state index in [4.69, 9.17) is 0 Å². The first kappa shape index (κ1) is 12.0. The second-order valence-electron chi connectivity index (χ2n) is 3.72. The Hall–Kier alpha value is -2.43. The van der Waals surface area contributed by atoms with Crippen molar-refractivity contribution >= 4 is 17.8 Å². The van der Waals surface area contributed by atoms with Crippen molar-refractivity contribution in [1.29, 1.82) is 0 Å². The quantitative estimate of drug-likeness (QED) is 0.584. The van der Waals surface area contributed by atoms with E-state index in [1.165, 1.54) is 7.11 Å². The van der Waals surface area contributed by atoms with Crippen LogP contribution in [0.3, 0.4) is 0 Å². The van der Waals surface area contributed by atoms with Gasteiger partial charge in [0.25, 0.3) is 11.8 Å². The van der Waals surface area contributed by atoms with E-state index >= 15 is 0 Å². The van der Waals surface area contributed by atoms with Crippen molar-refractivity contribution < 1.29 is 19.1 Å². The lowest BCUT2D eigenvalue weighted by Gasteiger charge is -2.24. The Balaban J connectivity index is 2.41. The van der Waals surface area contributed by atoms with E-state index in [-0.39, 0.29) is 0 Å². The Morgan fingerprint density at radius 1 is 1.11 bits per heavy atom. The zero-order valence-electron chi connectivity index (χ0n) is 9.70. The Morgan fingerprint density at radius 2 is 1.67 bits per heavy atom. The molecule has 5 nitrogen and oxygen atoms in total. The third kappa shape index (κ3) is 2.02. The summed E-state index contributed by atoms with van der Waals surface area (Å²) in [6.45, 7) is 0. The molecule has 0 radical (unpaired) electrons. The number of esters is 1. The largest absolute Gasteiger partial charge is 0.467 e. The highest BCUT2D eigenvalue weighted by Crippen LogP contribution is 2.25. The zero-order chi connectivity index (χ0) is 13.1. The Kier molecular flexibility index (Phi) is 3.23. The highest BCUT2D eigenvalue weighted by Gasteiger charge is 2.37. The van der Waals surface area contributed by atoms with Gasteiger partial charge in [-0.15, -0.1) is 0 Å². The van der Waals surface area contributed by atoms with Crippen molar-refractivity contribution in [2.24, 2.45) is 0 Å². The highest BCUT2D eigenvalue weighted by molar-refractivity contribution is 6.14. The molecule has 1 aliphatic rings. The van der Waals surface area contributed by atoms with Crippen LogP contribution in [-0.4, -0.2) is 29.8 Å². The first-order valence-corrected chi connectivity index (χ1v) is 5.33. The van der Waals surface area contributed by atoms with Crippen molar-refractivity contribution in [3.05, 3.63) is 48.0 Å². The Morgan fingerprint density at radius 3 is 2.17 bits per heavy atom. The van der Waals surface area contributed by atoms with Crippen LogP contribution in [0.2, 0.25) is 0 Å². The monoisotopic (exact) mass is 245 g/mol. The molecule has 1 aliphatic heterocycles. The van der Waals surface area contributed by atoms with Crippen molar-refractivity contribution in [3.63, 3.8) is 0 Å². The van der Waals surface area contributed by atoms with Crippen molar-refractivity contribution in [1.82, 2.24) is 4.90 Å². The van der Waals surface area contributed by atoms with Crippen LogP contribution in [0.5, 0.6) is 0 Å². The molecule has 0 N–H and O–H groups in total. The summed E-state index contributed by atoms with van der Waals surface area (Å²) in [5, 5.41) is 0. The van der Waals surface area contributed by atoms with Gasteiger partial charge in [0.1, 0.15) is 0 Å². The fraction of sp³-hybridized carbons (Fsp3) is 0.154. The SMILES string of the molecule is COC(=O)[C@H](c1ccccc1)N1C(=O)C=CC1=O. The van der Waals surface area contributed by atoms with E-state index in [2.05, 4.69) is 4.74 Å². The summed E-state index contributed by atoms with van der Waals surface area (Å²) in [7, 11) is 1.22. The molecule has 0 saturated heterocycles. The summed E-state index contributed by atoms with van der Waals surface area (Å²) in [5.41, 5.74) is 0.537. The number of hydrogen-bond donors (Lipinski definition) is 0. The maximum atomic E-state index is 11.8. The van der Waals surface area contributed by atoms with Gasteiger partial charge < -0.3 is 4.74 Å². The van der Waals surface area contributed by atoms with Crippen molar-refractivity contribution in [3.8, 4) is 0 Å². The van der Waals surface area contributed by atoms with E-state index in [1.54, 1.807) is 30.3 Å². The van der Waals surface area contributed by atoms with E-state index in [9.17, 15) is 14.4 Å². The number of nitrogens with zero attached hydrogens (tertiary/aromatic N) is 1. The molecular formula is C13H11NO4. The van der Waals surface area contributed by atoms with Gasteiger partial charge in [-0.25, -0.2) is 4.79 Å².